The van der Waals surface area contributed by atoms with Gasteiger partial charge >= 0.3 is 0 Å². The van der Waals surface area contributed by atoms with Crippen molar-refractivity contribution in [3.05, 3.63) is 231 Å². The van der Waals surface area contributed by atoms with Crippen LogP contribution in [0.5, 0.6) is 0 Å². The largest absolute Gasteiger partial charge is 0.373 e. The summed E-state index contributed by atoms with van der Waals surface area (Å²) >= 11 is 0. The molecule has 2 atom stereocenters. The fourth-order valence-corrected chi connectivity index (χ4v) is 10.9. The Balaban J connectivity index is 1.35. The van der Waals surface area contributed by atoms with Crippen LogP contribution in [-0.2, 0) is 0 Å². The summed E-state index contributed by atoms with van der Waals surface area (Å²) in [7, 11) is 0. The fraction of sp³-hybridized carbons (Fsp3) is 0.339. The van der Waals surface area contributed by atoms with Crippen molar-refractivity contribution in [3.63, 3.8) is 0 Å². The minimum absolute atomic E-state index is 0.00139. The molecule has 3 nitrogen and oxygen atoms in total. The lowest BCUT2D eigenvalue weighted by Crippen LogP contribution is -2.47. The highest BCUT2D eigenvalue weighted by atomic mass is 15.2. The van der Waals surface area contributed by atoms with Crippen molar-refractivity contribution in [2.24, 2.45) is 0 Å². The first-order valence-electron chi connectivity index (χ1n) is 24.8. The molecular weight excluding hydrogens is 787 g/mol. The lowest BCUT2D eigenvalue weighted by molar-refractivity contribution is -0.721. The Morgan fingerprint density at radius 2 is 0.892 bits per heavy atom. The quantitative estimate of drug-likeness (QED) is 0.0893. The van der Waals surface area contributed by atoms with Crippen molar-refractivity contribution < 1.29 is 4.57 Å². The van der Waals surface area contributed by atoms with Gasteiger partial charge in [0.25, 0.3) is 0 Å². The number of anilines is 2. The minimum Gasteiger partial charge on any atom is -0.373 e. The molecule has 0 aliphatic heterocycles. The van der Waals surface area contributed by atoms with Crippen molar-refractivity contribution >= 4 is 11.4 Å². The predicted molar refractivity (Wildman–Crippen MR) is 275 cm³/mol. The second-order valence-electron chi connectivity index (χ2n) is 19.0. The van der Waals surface area contributed by atoms with Crippen molar-refractivity contribution in [2.75, 3.05) is 10.6 Å². The maximum Gasteiger partial charge on any atom is 0.228 e. The highest BCUT2D eigenvalue weighted by molar-refractivity contribution is 5.68. The summed E-state index contributed by atoms with van der Waals surface area (Å²) in [5.41, 5.74) is 17.1. The Morgan fingerprint density at radius 3 is 1.38 bits per heavy atom. The number of hydrogen-bond donors (Lipinski definition) is 2. The molecule has 0 spiro atoms. The lowest BCUT2D eigenvalue weighted by atomic mass is 9.76. The fourth-order valence-electron chi connectivity index (χ4n) is 10.9. The van der Waals surface area contributed by atoms with Crippen LogP contribution in [0.2, 0.25) is 0 Å². The summed E-state index contributed by atoms with van der Waals surface area (Å²) in [6, 6.07) is 61.5. The van der Waals surface area contributed by atoms with E-state index in [0.29, 0.717) is 5.92 Å². The van der Waals surface area contributed by atoms with Crippen molar-refractivity contribution in [3.8, 4) is 0 Å². The van der Waals surface area contributed by atoms with Crippen LogP contribution in [0, 0.1) is 20.8 Å². The van der Waals surface area contributed by atoms with Crippen LogP contribution in [0.25, 0.3) is 0 Å². The number of hydrogen-bond acceptors (Lipinski definition) is 2. The molecule has 8 rings (SSSR count). The van der Waals surface area contributed by atoms with E-state index < -0.39 is 0 Å². The number of pyridine rings is 1. The second-order valence-corrected chi connectivity index (χ2v) is 19.0. The molecule has 1 fully saturated rings. The first-order valence-corrected chi connectivity index (χ1v) is 24.8. The summed E-state index contributed by atoms with van der Waals surface area (Å²) in [5.74, 6) is 0.523. The average Bonchev–Trinajstić information content (AvgIpc) is 3.32. The van der Waals surface area contributed by atoms with E-state index in [0.717, 1.165) is 0 Å². The highest BCUT2D eigenvalue weighted by Crippen LogP contribution is 2.47. The summed E-state index contributed by atoms with van der Waals surface area (Å²) in [6.07, 6.45) is 16.7. The number of aryl methyl sites for hydroxylation is 3. The predicted octanol–water partition coefficient (Wildman–Crippen LogP) is 16.5. The zero-order valence-corrected chi connectivity index (χ0v) is 39.8. The van der Waals surface area contributed by atoms with Gasteiger partial charge in [-0.1, -0.05) is 215 Å². The molecule has 0 saturated heterocycles. The third-order valence-corrected chi connectivity index (χ3v) is 14.1. The number of nitrogens with one attached hydrogen (secondary N) is 2. The zero-order valence-electron chi connectivity index (χ0n) is 39.8. The van der Waals surface area contributed by atoms with Gasteiger partial charge in [-0.25, -0.2) is 0 Å². The molecule has 1 aliphatic carbocycles. The van der Waals surface area contributed by atoms with E-state index >= 15 is 0 Å². The normalized spacial score (nSPS) is 15.2. The minimum atomic E-state index is 0.00139. The molecule has 334 valence electrons. The lowest BCUT2D eigenvalue weighted by Gasteiger charge is -2.32. The molecule has 1 aromatic heterocycles. The Kier molecular flexibility index (Phi) is 15.7. The van der Waals surface area contributed by atoms with Gasteiger partial charge in [0.2, 0.25) is 11.9 Å². The van der Waals surface area contributed by atoms with Gasteiger partial charge in [-0.2, -0.15) is 4.57 Å². The number of benzene rings is 6. The van der Waals surface area contributed by atoms with Crippen LogP contribution in [0.4, 0.5) is 11.4 Å². The van der Waals surface area contributed by atoms with Crippen LogP contribution in [0.15, 0.2) is 170 Å². The van der Waals surface area contributed by atoms with E-state index in [4.69, 9.17) is 0 Å². The molecule has 1 saturated carbocycles. The van der Waals surface area contributed by atoms with E-state index in [1.165, 1.54) is 143 Å². The van der Waals surface area contributed by atoms with Crippen molar-refractivity contribution in [2.45, 2.75) is 135 Å². The molecule has 3 heteroatoms. The van der Waals surface area contributed by atoms with E-state index in [-0.39, 0.29) is 24.0 Å². The molecule has 2 N–H and O–H groups in total. The van der Waals surface area contributed by atoms with Crippen LogP contribution in [-0.4, -0.2) is 0 Å². The van der Waals surface area contributed by atoms with Gasteiger partial charge in [0.1, 0.15) is 6.04 Å². The first-order chi connectivity index (χ1) is 31.9. The maximum atomic E-state index is 4.39. The molecule has 2 unspecified atom stereocenters. The zero-order chi connectivity index (χ0) is 45.0. The van der Waals surface area contributed by atoms with Gasteiger partial charge in [0, 0.05) is 42.3 Å². The number of aromatic nitrogens is 1. The van der Waals surface area contributed by atoms with Crippen LogP contribution >= 0.6 is 0 Å². The summed E-state index contributed by atoms with van der Waals surface area (Å²) < 4.78 is 2.44. The van der Waals surface area contributed by atoms with Gasteiger partial charge in [0.15, 0.2) is 6.20 Å². The molecule has 7 aromatic rings. The molecule has 0 radical (unpaired) electrons. The topological polar surface area (TPSA) is 27.9 Å². The highest BCUT2D eigenvalue weighted by Gasteiger charge is 2.31. The standard InChI is InChI=1S/C62H72N3/c1-45-41-46(2)61(47(3)42-45)64-49(5)65-40-28-27-39-58(65)48(4)63-62-56(50-29-17-11-9-7-6-8-10-12-18-30-50)43-55(59(51-31-19-13-20-32-51)52-33-21-14-22-34-52)44-57(62)60(53-35-23-15-24-36-53)54-37-25-16-26-38-54/h13-16,19-28,31-44,48-50,59-60,63-64H,6-12,17-18,29-30H2,1-5H3/q+1. The molecule has 6 aromatic carbocycles. The summed E-state index contributed by atoms with van der Waals surface area (Å²) in [5, 5.41) is 8.32. The smallest absolute Gasteiger partial charge is 0.228 e. The Labute approximate surface area is 391 Å². The average molecular weight is 859 g/mol. The Morgan fingerprint density at radius 1 is 0.446 bits per heavy atom. The molecular formula is C62H72N3+. The van der Waals surface area contributed by atoms with E-state index in [1.54, 1.807) is 0 Å². The third-order valence-electron chi connectivity index (χ3n) is 14.1. The molecule has 0 bridgehead atoms. The van der Waals surface area contributed by atoms with Crippen LogP contribution in [0.3, 0.4) is 0 Å². The SMILES string of the molecule is Cc1cc(C)c(NC(C)[n+]2ccccc2C(C)Nc2c(C3CCCCCCCCCCC3)cc(C(c3ccccc3)c3ccccc3)cc2C(c2ccccc2)c2ccccc2)c(C)c1. The van der Waals surface area contributed by atoms with E-state index in [2.05, 4.69) is 220 Å². The Hall–Kier alpha value is -5.93. The van der Waals surface area contributed by atoms with Gasteiger partial charge < -0.3 is 10.6 Å². The number of rotatable bonds is 13. The molecule has 65 heavy (non-hydrogen) atoms. The van der Waals surface area contributed by atoms with Crippen molar-refractivity contribution in [1.82, 2.24) is 0 Å². The molecule has 1 aliphatic rings. The molecule has 1 heterocycles. The summed E-state index contributed by atoms with van der Waals surface area (Å²) in [4.78, 5) is 0. The van der Waals surface area contributed by atoms with Gasteiger partial charge in [-0.15, -0.1) is 0 Å². The van der Waals surface area contributed by atoms with Crippen LogP contribution < -0.4 is 15.2 Å². The Bertz CT molecular complexity index is 2430. The van der Waals surface area contributed by atoms with Crippen LogP contribution in [0.1, 0.15) is 176 Å². The van der Waals surface area contributed by atoms with Gasteiger partial charge in [-0.05, 0) is 96.5 Å². The van der Waals surface area contributed by atoms with E-state index in [9.17, 15) is 0 Å². The van der Waals surface area contributed by atoms with Crippen molar-refractivity contribution in [1.29, 1.82) is 0 Å². The monoisotopic (exact) mass is 859 g/mol. The third kappa shape index (κ3) is 11.3. The number of nitrogens with zero attached hydrogens (tertiary/aromatic N) is 1. The summed E-state index contributed by atoms with van der Waals surface area (Å²) in [6.45, 7) is 11.3. The van der Waals surface area contributed by atoms with Gasteiger partial charge in [0.05, 0.1) is 0 Å². The first kappa shape index (κ1) is 45.6. The van der Waals surface area contributed by atoms with Gasteiger partial charge in [-0.3, -0.25) is 0 Å². The van der Waals surface area contributed by atoms with E-state index in [1.807, 2.05) is 0 Å². The maximum absolute atomic E-state index is 4.39. The second kappa shape index (κ2) is 22.3. The molecule has 0 amide bonds.